The van der Waals surface area contributed by atoms with Crippen LogP contribution in [0.3, 0.4) is 0 Å². The first-order valence-electron chi connectivity index (χ1n) is 6.27. The highest BCUT2D eigenvalue weighted by Gasteiger charge is 2.20. The van der Waals surface area contributed by atoms with Crippen molar-refractivity contribution in [3.05, 3.63) is 28.2 Å². The third kappa shape index (κ3) is 4.76. The van der Waals surface area contributed by atoms with Crippen molar-refractivity contribution in [3.8, 4) is 5.75 Å². The lowest BCUT2D eigenvalue weighted by Gasteiger charge is -2.25. The predicted molar refractivity (Wildman–Crippen MR) is 79.7 cm³/mol. The van der Waals surface area contributed by atoms with Gasteiger partial charge in [0, 0.05) is 14.2 Å². The third-order valence-corrected chi connectivity index (χ3v) is 3.55. The molecule has 1 atom stereocenters. The smallest absolute Gasteiger partial charge is 0.172 e. The molecule has 0 aromatic heterocycles. The number of ether oxygens (including phenoxy) is 3. The average molecular weight is 332 g/mol. The van der Waals surface area contributed by atoms with E-state index < -0.39 is 0 Å². The van der Waals surface area contributed by atoms with Crippen molar-refractivity contribution >= 4 is 15.9 Å². The van der Waals surface area contributed by atoms with Crippen LogP contribution in [0.25, 0.3) is 0 Å². The van der Waals surface area contributed by atoms with Crippen LogP contribution in [0.4, 0.5) is 0 Å². The fraction of sp³-hybridized carbons (Fsp3) is 0.571. The van der Waals surface area contributed by atoms with Crippen LogP contribution in [0.1, 0.15) is 12.5 Å². The van der Waals surface area contributed by atoms with Crippen LogP contribution in [-0.2, 0) is 15.9 Å². The first kappa shape index (κ1) is 16.4. The number of halogens is 1. The van der Waals surface area contributed by atoms with E-state index in [0.29, 0.717) is 0 Å². The number of hydrogen-bond donors (Lipinski definition) is 1. The van der Waals surface area contributed by atoms with Gasteiger partial charge in [-0.2, -0.15) is 0 Å². The molecule has 0 radical (unpaired) electrons. The van der Waals surface area contributed by atoms with Crippen LogP contribution >= 0.6 is 15.9 Å². The molecular weight excluding hydrogens is 310 g/mol. The number of likely N-dealkylation sites (N-methyl/N-ethyl adjacent to an activating group) is 1. The Bertz CT molecular complexity index is 383. The van der Waals surface area contributed by atoms with Gasteiger partial charge in [-0.1, -0.05) is 13.0 Å². The molecule has 0 saturated heterocycles. The van der Waals surface area contributed by atoms with Crippen molar-refractivity contribution in [2.24, 2.45) is 0 Å². The van der Waals surface area contributed by atoms with Crippen molar-refractivity contribution in [3.63, 3.8) is 0 Å². The van der Waals surface area contributed by atoms with Gasteiger partial charge in [-0.3, -0.25) is 0 Å². The van der Waals surface area contributed by atoms with Crippen molar-refractivity contribution in [2.45, 2.75) is 25.7 Å². The monoisotopic (exact) mass is 331 g/mol. The zero-order chi connectivity index (χ0) is 14.3. The molecule has 1 aromatic rings. The molecule has 0 amide bonds. The summed E-state index contributed by atoms with van der Waals surface area (Å²) in [6.07, 6.45) is 0.559. The Labute approximate surface area is 123 Å². The molecule has 4 nitrogen and oxygen atoms in total. The van der Waals surface area contributed by atoms with Crippen LogP contribution in [0.2, 0.25) is 0 Å². The topological polar surface area (TPSA) is 39.7 Å². The molecule has 108 valence electrons. The summed E-state index contributed by atoms with van der Waals surface area (Å²) in [5.74, 6) is 0.832. The molecule has 0 heterocycles. The minimum absolute atomic E-state index is 0.111. The Hall–Kier alpha value is -0.620. The molecular formula is C14H22BrNO3. The molecule has 0 aliphatic heterocycles. The van der Waals surface area contributed by atoms with E-state index >= 15 is 0 Å². The van der Waals surface area contributed by atoms with Crippen LogP contribution in [-0.4, -0.2) is 40.2 Å². The summed E-state index contributed by atoms with van der Waals surface area (Å²) < 4.78 is 16.9. The highest BCUT2D eigenvalue weighted by Crippen LogP contribution is 2.26. The predicted octanol–water partition coefficient (Wildman–Crippen LogP) is 2.60. The number of rotatable bonds is 8. The second-order valence-electron chi connectivity index (χ2n) is 4.18. The fourth-order valence-electron chi connectivity index (χ4n) is 2.04. The number of nitrogens with one attached hydrogen (secondary N) is 1. The second-order valence-corrected chi connectivity index (χ2v) is 5.03. The zero-order valence-corrected chi connectivity index (χ0v) is 13.5. The second kappa shape index (κ2) is 8.53. The molecule has 0 bridgehead atoms. The van der Waals surface area contributed by atoms with Crippen LogP contribution in [0, 0.1) is 0 Å². The van der Waals surface area contributed by atoms with E-state index in [1.165, 1.54) is 5.56 Å². The van der Waals surface area contributed by atoms with E-state index in [1.54, 1.807) is 21.3 Å². The maximum atomic E-state index is 5.34. The van der Waals surface area contributed by atoms with Gasteiger partial charge >= 0.3 is 0 Å². The number of benzene rings is 1. The van der Waals surface area contributed by atoms with E-state index in [2.05, 4.69) is 40.3 Å². The van der Waals surface area contributed by atoms with Gasteiger partial charge < -0.3 is 19.5 Å². The van der Waals surface area contributed by atoms with E-state index in [-0.39, 0.29) is 12.3 Å². The first-order chi connectivity index (χ1) is 9.15. The van der Waals surface area contributed by atoms with Gasteiger partial charge in [-0.05, 0) is 46.6 Å². The van der Waals surface area contributed by atoms with Gasteiger partial charge in [0.25, 0.3) is 0 Å². The Morgan fingerprint density at radius 3 is 2.37 bits per heavy atom. The maximum absolute atomic E-state index is 5.34. The van der Waals surface area contributed by atoms with Crippen LogP contribution < -0.4 is 10.1 Å². The van der Waals surface area contributed by atoms with Crippen LogP contribution in [0.5, 0.6) is 5.75 Å². The molecule has 1 aromatic carbocycles. The third-order valence-electron chi connectivity index (χ3n) is 2.93. The average Bonchev–Trinajstić information content (AvgIpc) is 2.40. The first-order valence-corrected chi connectivity index (χ1v) is 7.06. The Morgan fingerprint density at radius 1 is 1.21 bits per heavy atom. The molecule has 0 aliphatic carbocycles. The zero-order valence-electron chi connectivity index (χ0n) is 11.9. The van der Waals surface area contributed by atoms with Gasteiger partial charge in [-0.15, -0.1) is 0 Å². The summed E-state index contributed by atoms with van der Waals surface area (Å²) in [4.78, 5) is 0. The minimum Gasteiger partial charge on any atom is -0.496 e. The van der Waals surface area contributed by atoms with E-state index in [4.69, 9.17) is 14.2 Å². The lowest BCUT2D eigenvalue weighted by atomic mass is 10.1. The lowest BCUT2D eigenvalue weighted by molar-refractivity contribution is -0.122. The SMILES string of the molecule is CCNC(Cc1ccc(OC)c(Br)c1)C(OC)OC. The molecule has 0 saturated carbocycles. The van der Waals surface area contributed by atoms with Crippen molar-refractivity contribution in [2.75, 3.05) is 27.9 Å². The van der Waals surface area contributed by atoms with E-state index in [1.807, 2.05) is 6.07 Å². The molecule has 1 N–H and O–H groups in total. The molecule has 1 unspecified atom stereocenters. The molecule has 5 heteroatoms. The summed E-state index contributed by atoms with van der Waals surface area (Å²) in [6, 6.07) is 6.18. The molecule has 0 fully saturated rings. The van der Waals surface area contributed by atoms with Gasteiger partial charge in [0.05, 0.1) is 17.6 Å². The number of hydrogen-bond acceptors (Lipinski definition) is 4. The normalized spacial score (nSPS) is 12.7. The summed E-state index contributed by atoms with van der Waals surface area (Å²) in [7, 11) is 4.97. The van der Waals surface area contributed by atoms with Crippen LogP contribution in [0.15, 0.2) is 22.7 Å². The van der Waals surface area contributed by atoms with Gasteiger partial charge in [0.15, 0.2) is 6.29 Å². The minimum atomic E-state index is -0.263. The summed E-state index contributed by atoms with van der Waals surface area (Å²) in [6.45, 7) is 2.94. The van der Waals surface area contributed by atoms with E-state index in [0.717, 1.165) is 23.2 Å². The summed E-state index contributed by atoms with van der Waals surface area (Å²) in [5.41, 5.74) is 1.19. The quantitative estimate of drug-likeness (QED) is 0.743. The van der Waals surface area contributed by atoms with Gasteiger partial charge in [-0.25, -0.2) is 0 Å². The molecule has 0 aliphatic rings. The van der Waals surface area contributed by atoms with Crippen molar-refractivity contribution in [1.82, 2.24) is 5.32 Å². The lowest BCUT2D eigenvalue weighted by Crippen LogP contribution is -2.43. The van der Waals surface area contributed by atoms with E-state index in [9.17, 15) is 0 Å². The van der Waals surface area contributed by atoms with Crippen molar-refractivity contribution < 1.29 is 14.2 Å². The molecule has 0 spiro atoms. The van der Waals surface area contributed by atoms with Gasteiger partial charge in [0.2, 0.25) is 0 Å². The fourth-order valence-corrected chi connectivity index (χ4v) is 2.63. The standard InChI is InChI=1S/C14H22BrNO3/c1-5-16-12(14(18-3)19-4)9-10-6-7-13(17-2)11(15)8-10/h6-8,12,14,16H,5,9H2,1-4H3. The van der Waals surface area contributed by atoms with Crippen molar-refractivity contribution in [1.29, 1.82) is 0 Å². The highest BCUT2D eigenvalue weighted by molar-refractivity contribution is 9.10. The molecule has 1 rings (SSSR count). The number of methoxy groups -OCH3 is 3. The molecule has 19 heavy (non-hydrogen) atoms. The Balaban J connectivity index is 2.81. The highest BCUT2D eigenvalue weighted by atomic mass is 79.9. The summed E-state index contributed by atoms with van der Waals surface area (Å²) in [5, 5.41) is 3.38. The Morgan fingerprint density at radius 2 is 1.89 bits per heavy atom. The summed E-state index contributed by atoms with van der Waals surface area (Å²) >= 11 is 3.50. The maximum Gasteiger partial charge on any atom is 0.172 e. The van der Waals surface area contributed by atoms with Gasteiger partial charge in [0.1, 0.15) is 5.75 Å². The Kier molecular flexibility index (Phi) is 7.38. The largest absolute Gasteiger partial charge is 0.496 e.